The molecule has 0 saturated carbocycles. The van der Waals surface area contributed by atoms with E-state index in [0.29, 0.717) is 11.8 Å². The first kappa shape index (κ1) is 12.5. The molecule has 4 heteroatoms. The third-order valence-corrected chi connectivity index (χ3v) is 4.85. The standard InChI is InChI=1S/C10H10BrIOS/c1-14-9-4-2-3-7(10(9)12)5-8(13)6-11/h2-4H,5-6H2,1H3. The third-order valence-electron chi connectivity index (χ3n) is 1.80. The number of carbonyl (C=O) groups is 1. The first-order valence-electron chi connectivity index (χ1n) is 4.08. The second-order valence-electron chi connectivity index (χ2n) is 2.78. The molecule has 1 aromatic carbocycles. The van der Waals surface area contributed by atoms with Gasteiger partial charge in [0.25, 0.3) is 0 Å². The Kier molecular flexibility index (Phi) is 5.48. The van der Waals surface area contributed by atoms with Gasteiger partial charge in [0.1, 0.15) is 5.78 Å². The van der Waals surface area contributed by atoms with Gasteiger partial charge in [-0.2, -0.15) is 0 Å². The zero-order valence-corrected chi connectivity index (χ0v) is 12.3. The molecule has 0 aliphatic heterocycles. The van der Waals surface area contributed by atoms with Crippen molar-refractivity contribution in [1.29, 1.82) is 0 Å². The molecule has 76 valence electrons. The molecule has 0 atom stereocenters. The average molecular weight is 385 g/mol. The lowest BCUT2D eigenvalue weighted by molar-refractivity contribution is -0.115. The first-order chi connectivity index (χ1) is 6.69. The predicted octanol–water partition coefficient (Wildman–Crippen LogP) is 3.52. The van der Waals surface area contributed by atoms with E-state index in [0.717, 1.165) is 5.56 Å². The summed E-state index contributed by atoms with van der Waals surface area (Å²) in [7, 11) is 0. The van der Waals surface area contributed by atoms with Crippen LogP contribution in [0.2, 0.25) is 0 Å². The van der Waals surface area contributed by atoms with Crippen LogP contribution in [0.25, 0.3) is 0 Å². The maximum atomic E-state index is 11.3. The normalized spacial score (nSPS) is 10.2. The largest absolute Gasteiger partial charge is 0.298 e. The predicted molar refractivity (Wildman–Crippen MR) is 73.4 cm³/mol. The summed E-state index contributed by atoms with van der Waals surface area (Å²) in [4.78, 5) is 12.5. The zero-order valence-electron chi connectivity index (χ0n) is 7.72. The van der Waals surface area contributed by atoms with Crippen LogP contribution in [0.5, 0.6) is 0 Å². The molecule has 0 saturated heterocycles. The van der Waals surface area contributed by atoms with Crippen molar-refractivity contribution in [3.05, 3.63) is 27.3 Å². The van der Waals surface area contributed by atoms with E-state index in [-0.39, 0.29) is 5.78 Å². The minimum atomic E-state index is 0.223. The van der Waals surface area contributed by atoms with Gasteiger partial charge in [-0.25, -0.2) is 0 Å². The lowest BCUT2D eigenvalue weighted by Crippen LogP contribution is -2.05. The second-order valence-corrected chi connectivity index (χ2v) is 5.27. The van der Waals surface area contributed by atoms with Crippen molar-refractivity contribution >= 4 is 56.1 Å². The number of benzene rings is 1. The number of thioether (sulfide) groups is 1. The van der Waals surface area contributed by atoms with Gasteiger partial charge in [0.15, 0.2) is 0 Å². The first-order valence-corrected chi connectivity index (χ1v) is 7.50. The highest BCUT2D eigenvalue weighted by atomic mass is 127. The molecule has 1 rings (SSSR count). The molecule has 0 spiro atoms. The zero-order chi connectivity index (χ0) is 10.6. The molecule has 0 unspecified atom stereocenters. The molecule has 1 nitrogen and oxygen atoms in total. The lowest BCUT2D eigenvalue weighted by Gasteiger charge is -2.06. The molecule has 1 aromatic rings. The molecule has 0 aliphatic rings. The lowest BCUT2D eigenvalue weighted by atomic mass is 10.1. The van der Waals surface area contributed by atoms with Crippen molar-refractivity contribution in [2.24, 2.45) is 0 Å². The molecule has 0 heterocycles. The van der Waals surface area contributed by atoms with E-state index in [1.165, 1.54) is 8.47 Å². The maximum Gasteiger partial charge on any atom is 0.147 e. The highest BCUT2D eigenvalue weighted by molar-refractivity contribution is 14.1. The second kappa shape index (κ2) is 6.12. The van der Waals surface area contributed by atoms with Gasteiger partial charge >= 0.3 is 0 Å². The van der Waals surface area contributed by atoms with E-state index in [1.54, 1.807) is 11.8 Å². The molecule has 0 radical (unpaired) electrons. The van der Waals surface area contributed by atoms with Gasteiger partial charge < -0.3 is 0 Å². The summed E-state index contributed by atoms with van der Waals surface area (Å²) in [6.45, 7) is 0. The number of hydrogen-bond donors (Lipinski definition) is 0. The molecule has 0 aliphatic carbocycles. The summed E-state index contributed by atoms with van der Waals surface area (Å²) in [5.41, 5.74) is 1.13. The number of Topliss-reactive ketones (excluding diaryl/α,β-unsaturated/α-hetero) is 1. The Labute approximate surface area is 110 Å². The number of rotatable bonds is 4. The summed E-state index contributed by atoms with van der Waals surface area (Å²) in [5, 5.41) is 0.437. The van der Waals surface area contributed by atoms with Gasteiger partial charge in [-0.1, -0.05) is 28.1 Å². The number of carbonyl (C=O) groups excluding carboxylic acids is 1. The van der Waals surface area contributed by atoms with Crippen LogP contribution < -0.4 is 0 Å². The Balaban J connectivity index is 2.92. The van der Waals surface area contributed by atoms with Crippen LogP contribution in [0.1, 0.15) is 5.56 Å². The monoisotopic (exact) mass is 384 g/mol. The van der Waals surface area contributed by atoms with Gasteiger partial charge in [0.2, 0.25) is 0 Å². The van der Waals surface area contributed by atoms with Crippen molar-refractivity contribution in [2.75, 3.05) is 11.6 Å². The minimum absolute atomic E-state index is 0.223. The molecule has 0 bridgehead atoms. The van der Waals surface area contributed by atoms with Crippen LogP contribution in [0, 0.1) is 3.57 Å². The van der Waals surface area contributed by atoms with E-state index in [4.69, 9.17) is 0 Å². The van der Waals surface area contributed by atoms with E-state index in [2.05, 4.69) is 44.6 Å². The Morgan fingerprint density at radius 3 is 2.86 bits per heavy atom. The van der Waals surface area contributed by atoms with E-state index >= 15 is 0 Å². The van der Waals surface area contributed by atoms with Crippen molar-refractivity contribution in [3.63, 3.8) is 0 Å². The highest BCUT2D eigenvalue weighted by Crippen LogP contribution is 2.25. The Morgan fingerprint density at radius 1 is 1.57 bits per heavy atom. The highest BCUT2D eigenvalue weighted by Gasteiger charge is 2.08. The summed E-state index contributed by atoms with van der Waals surface area (Å²) < 4.78 is 1.20. The number of alkyl halides is 1. The third kappa shape index (κ3) is 3.24. The Hall–Kier alpha value is 0.450. The van der Waals surface area contributed by atoms with Crippen LogP contribution in [0.4, 0.5) is 0 Å². The van der Waals surface area contributed by atoms with Crippen LogP contribution in [-0.2, 0) is 11.2 Å². The molecule has 0 amide bonds. The molecule has 14 heavy (non-hydrogen) atoms. The van der Waals surface area contributed by atoms with Crippen LogP contribution >= 0.6 is 50.3 Å². The molecule has 0 aromatic heterocycles. The van der Waals surface area contributed by atoms with E-state index < -0.39 is 0 Å². The quantitative estimate of drug-likeness (QED) is 0.449. The van der Waals surface area contributed by atoms with E-state index in [9.17, 15) is 4.79 Å². The van der Waals surface area contributed by atoms with Crippen LogP contribution in [-0.4, -0.2) is 17.4 Å². The van der Waals surface area contributed by atoms with Crippen molar-refractivity contribution in [2.45, 2.75) is 11.3 Å². The summed E-state index contributed by atoms with van der Waals surface area (Å²) in [5.74, 6) is 0.223. The summed E-state index contributed by atoms with van der Waals surface area (Å²) in [6, 6.07) is 6.10. The van der Waals surface area contributed by atoms with Gasteiger partial charge in [-0.3, -0.25) is 4.79 Å². The van der Waals surface area contributed by atoms with Crippen molar-refractivity contribution in [3.8, 4) is 0 Å². The maximum absolute atomic E-state index is 11.3. The van der Waals surface area contributed by atoms with Gasteiger partial charge in [-0.05, 0) is 40.5 Å². The van der Waals surface area contributed by atoms with Gasteiger partial charge in [0, 0.05) is 14.9 Å². The fraction of sp³-hybridized carbons (Fsp3) is 0.300. The van der Waals surface area contributed by atoms with Gasteiger partial charge in [-0.15, -0.1) is 11.8 Å². The topological polar surface area (TPSA) is 17.1 Å². The average Bonchev–Trinajstić information content (AvgIpc) is 2.21. The fourth-order valence-electron chi connectivity index (χ4n) is 1.11. The molecule has 0 N–H and O–H groups in total. The smallest absolute Gasteiger partial charge is 0.147 e. The Morgan fingerprint density at radius 2 is 2.29 bits per heavy atom. The van der Waals surface area contributed by atoms with E-state index in [1.807, 2.05) is 18.4 Å². The number of hydrogen-bond acceptors (Lipinski definition) is 2. The van der Waals surface area contributed by atoms with Crippen molar-refractivity contribution in [1.82, 2.24) is 0 Å². The fourth-order valence-corrected chi connectivity index (χ4v) is 3.04. The molecule has 0 fully saturated rings. The van der Waals surface area contributed by atoms with Crippen LogP contribution in [0.3, 0.4) is 0 Å². The number of ketones is 1. The van der Waals surface area contributed by atoms with Gasteiger partial charge in [0.05, 0.1) is 5.33 Å². The van der Waals surface area contributed by atoms with Crippen LogP contribution in [0.15, 0.2) is 23.1 Å². The molecular formula is C10H10BrIOS. The Bertz CT molecular complexity index is 341. The summed E-state index contributed by atoms with van der Waals surface area (Å²) in [6.07, 6.45) is 2.57. The number of halogens is 2. The molecular weight excluding hydrogens is 375 g/mol. The van der Waals surface area contributed by atoms with Crippen molar-refractivity contribution < 1.29 is 4.79 Å². The minimum Gasteiger partial charge on any atom is -0.298 e. The summed E-state index contributed by atoms with van der Waals surface area (Å²) >= 11 is 7.19. The SMILES string of the molecule is CSc1cccc(CC(=O)CBr)c1I.